The zero-order chi connectivity index (χ0) is 14.0. The zero-order valence-electron chi connectivity index (χ0n) is 11.8. The van der Waals surface area contributed by atoms with Gasteiger partial charge in [-0.25, -0.2) is 4.79 Å². The van der Waals surface area contributed by atoms with E-state index in [2.05, 4.69) is 13.8 Å². The van der Waals surface area contributed by atoms with Crippen LogP contribution in [-0.4, -0.2) is 28.1 Å². The summed E-state index contributed by atoms with van der Waals surface area (Å²) < 4.78 is 5.15. The first kappa shape index (κ1) is 13.1. The molecule has 2 N–H and O–H groups in total. The Morgan fingerprint density at radius 1 is 1.37 bits per heavy atom. The van der Waals surface area contributed by atoms with Gasteiger partial charge in [0, 0.05) is 23.0 Å². The van der Waals surface area contributed by atoms with Gasteiger partial charge in [-0.15, -0.1) is 0 Å². The average molecular weight is 266 g/mol. The van der Waals surface area contributed by atoms with E-state index < -0.39 is 17.9 Å². The monoisotopic (exact) mass is 266 g/mol. The molecule has 4 heteroatoms. The molecular weight excluding hydrogens is 244 g/mol. The van der Waals surface area contributed by atoms with E-state index in [0.717, 1.165) is 19.3 Å². The molecule has 2 fully saturated rings. The van der Waals surface area contributed by atoms with Crippen LogP contribution in [0.15, 0.2) is 11.1 Å². The third-order valence-electron chi connectivity index (χ3n) is 5.91. The largest absolute Gasteiger partial charge is 0.426 e. The van der Waals surface area contributed by atoms with E-state index in [-0.39, 0.29) is 11.3 Å². The highest BCUT2D eigenvalue weighted by atomic mass is 16.7. The van der Waals surface area contributed by atoms with Gasteiger partial charge >= 0.3 is 5.97 Å². The van der Waals surface area contributed by atoms with Gasteiger partial charge in [0.05, 0.1) is 6.10 Å². The minimum absolute atomic E-state index is 0.193. The van der Waals surface area contributed by atoms with Crippen molar-refractivity contribution in [2.75, 3.05) is 0 Å². The second-order valence-corrected chi connectivity index (χ2v) is 6.71. The molecule has 0 bridgehead atoms. The summed E-state index contributed by atoms with van der Waals surface area (Å²) in [5.41, 5.74) is 0.521. The molecule has 0 amide bonds. The Morgan fingerprint density at radius 2 is 2.05 bits per heavy atom. The number of hydrogen-bond donors (Lipinski definition) is 2. The summed E-state index contributed by atoms with van der Waals surface area (Å²) in [5.74, 6) is -1.49. The van der Waals surface area contributed by atoms with Crippen LogP contribution in [0, 0.1) is 17.3 Å². The van der Waals surface area contributed by atoms with Gasteiger partial charge in [-0.05, 0) is 25.2 Å². The molecule has 0 aromatic rings. The van der Waals surface area contributed by atoms with Gasteiger partial charge in [0.15, 0.2) is 0 Å². The maximum atomic E-state index is 11.7. The predicted octanol–water partition coefficient (Wildman–Crippen LogP) is 1.76. The number of carbonyl (C=O) groups excluding carboxylic acids is 1. The Bertz CT molecular complexity index is 469. The molecule has 4 nitrogen and oxygen atoms in total. The van der Waals surface area contributed by atoms with Crippen molar-refractivity contribution in [2.24, 2.45) is 17.3 Å². The van der Waals surface area contributed by atoms with Gasteiger partial charge in [-0.3, -0.25) is 0 Å². The Morgan fingerprint density at radius 3 is 2.74 bits per heavy atom. The van der Waals surface area contributed by atoms with Gasteiger partial charge in [-0.2, -0.15) is 0 Å². The quantitative estimate of drug-likeness (QED) is 0.656. The molecule has 106 valence electrons. The van der Waals surface area contributed by atoms with Gasteiger partial charge in [0.2, 0.25) is 5.79 Å². The van der Waals surface area contributed by atoms with Crippen molar-refractivity contribution in [1.29, 1.82) is 0 Å². The van der Waals surface area contributed by atoms with Crippen LogP contribution in [0.4, 0.5) is 0 Å². The van der Waals surface area contributed by atoms with Crippen molar-refractivity contribution in [3.8, 4) is 0 Å². The smallest absolute Gasteiger partial charge is 0.336 e. The first-order valence-corrected chi connectivity index (χ1v) is 7.15. The first-order chi connectivity index (χ1) is 8.80. The standard InChI is InChI=1S/C15H22O4/c1-8-5-4-6-10-7-15(18)11(9(2)13(17)19-15)12(16)14(8,10)3/h8,10,12,16,18H,4-7H2,1-3H3/t8-,10-,12+,14+,15-/m0/s1. The second-order valence-electron chi connectivity index (χ2n) is 6.71. The second kappa shape index (κ2) is 3.83. The number of fused-ring (bicyclic) bond motifs is 2. The fourth-order valence-electron chi connectivity index (χ4n) is 4.41. The molecule has 5 atom stereocenters. The molecule has 0 aromatic carbocycles. The number of aliphatic hydroxyl groups excluding tert-OH is 1. The Hall–Kier alpha value is -0.870. The van der Waals surface area contributed by atoms with Crippen LogP contribution in [0.25, 0.3) is 0 Å². The zero-order valence-corrected chi connectivity index (χ0v) is 11.8. The van der Waals surface area contributed by atoms with E-state index in [0.29, 0.717) is 23.5 Å². The van der Waals surface area contributed by atoms with E-state index in [1.807, 2.05) is 0 Å². The molecule has 0 unspecified atom stereocenters. The van der Waals surface area contributed by atoms with Crippen LogP contribution in [0.2, 0.25) is 0 Å². The number of esters is 1. The predicted molar refractivity (Wildman–Crippen MR) is 69.0 cm³/mol. The van der Waals surface area contributed by atoms with E-state index in [1.165, 1.54) is 0 Å². The van der Waals surface area contributed by atoms with Crippen LogP contribution >= 0.6 is 0 Å². The number of rotatable bonds is 0. The van der Waals surface area contributed by atoms with E-state index in [1.54, 1.807) is 6.92 Å². The van der Waals surface area contributed by atoms with Crippen molar-refractivity contribution >= 4 is 5.97 Å². The van der Waals surface area contributed by atoms with Crippen LogP contribution in [0.5, 0.6) is 0 Å². The molecular formula is C15H22O4. The molecule has 0 aromatic heterocycles. The SMILES string of the molecule is CC1=C2[C@@H](O)[C@@]3(C)[C@@H](CCC[C@@H]3C)C[C@]2(O)OC1=O. The molecule has 1 aliphatic heterocycles. The van der Waals surface area contributed by atoms with Gasteiger partial charge in [0.1, 0.15) is 0 Å². The lowest BCUT2D eigenvalue weighted by molar-refractivity contribution is -0.221. The molecule has 0 saturated heterocycles. The lowest BCUT2D eigenvalue weighted by Gasteiger charge is -2.55. The van der Waals surface area contributed by atoms with Crippen molar-refractivity contribution < 1.29 is 19.7 Å². The third-order valence-corrected chi connectivity index (χ3v) is 5.91. The van der Waals surface area contributed by atoms with E-state index in [9.17, 15) is 15.0 Å². The summed E-state index contributed by atoms with van der Waals surface area (Å²) in [6.45, 7) is 5.89. The molecule has 0 radical (unpaired) electrons. The summed E-state index contributed by atoms with van der Waals surface area (Å²) in [5, 5.41) is 21.4. The summed E-state index contributed by atoms with van der Waals surface area (Å²) in [4.78, 5) is 11.7. The Kier molecular flexibility index (Phi) is 2.64. The molecule has 2 aliphatic carbocycles. The summed E-state index contributed by atoms with van der Waals surface area (Å²) in [7, 11) is 0. The molecule has 3 aliphatic rings. The highest BCUT2D eigenvalue weighted by molar-refractivity contribution is 5.92. The number of hydrogen-bond acceptors (Lipinski definition) is 4. The highest BCUT2D eigenvalue weighted by Gasteiger charge is 2.62. The minimum atomic E-state index is -1.57. The number of aliphatic hydroxyl groups is 2. The van der Waals surface area contributed by atoms with Crippen LogP contribution in [0.1, 0.15) is 46.5 Å². The van der Waals surface area contributed by atoms with Crippen molar-refractivity contribution in [2.45, 2.75) is 58.3 Å². The number of carbonyl (C=O) groups is 1. The number of ether oxygens (including phenoxy) is 1. The van der Waals surface area contributed by atoms with Gasteiger partial charge < -0.3 is 14.9 Å². The fraction of sp³-hybridized carbons (Fsp3) is 0.800. The first-order valence-electron chi connectivity index (χ1n) is 7.15. The topological polar surface area (TPSA) is 66.8 Å². The molecule has 0 spiro atoms. The fourth-order valence-corrected chi connectivity index (χ4v) is 4.41. The van der Waals surface area contributed by atoms with Crippen molar-refractivity contribution in [3.63, 3.8) is 0 Å². The van der Waals surface area contributed by atoms with Gasteiger partial charge in [-0.1, -0.05) is 26.7 Å². The lowest BCUT2D eigenvalue weighted by atomic mass is 9.52. The molecule has 1 heterocycles. The Labute approximate surface area is 113 Å². The minimum Gasteiger partial charge on any atom is -0.426 e. The van der Waals surface area contributed by atoms with Crippen LogP contribution in [0.3, 0.4) is 0 Å². The van der Waals surface area contributed by atoms with E-state index in [4.69, 9.17) is 4.74 Å². The molecule has 2 saturated carbocycles. The average Bonchev–Trinajstić information content (AvgIpc) is 2.55. The maximum absolute atomic E-state index is 11.7. The molecule has 19 heavy (non-hydrogen) atoms. The molecule has 3 rings (SSSR count). The van der Waals surface area contributed by atoms with Crippen LogP contribution < -0.4 is 0 Å². The lowest BCUT2D eigenvalue weighted by Crippen LogP contribution is -2.58. The Balaban J connectivity index is 2.10. The van der Waals surface area contributed by atoms with Crippen molar-refractivity contribution in [3.05, 3.63) is 11.1 Å². The summed E-state index contributed by atoms with van der Waals surface area (Å²) >= 11 is 0. The van der Waals surface area contributed by atoms with E-state index >= 15 is 0 Å². The van der Waals surface area contributed by atoms with Gasteiger partial charge in [0.25, 0.3) is 0 Å². The highest BCUT2D eigenvalue weighted by Crippen LogP contribution is 2.59. The summed E-state index contributed by atoms with van der Waals surface area (Å²) in [6, 6.07) is 0. The van der Waals surface area contributed by atoms with Crippen LogP contribution in [-0.2, 0) is 9.53 Å². The third kappa shape index (κ3) is 1.50. The normalized spacial score (nSPS) is 49.7. The van der Waals surface area contributed by atoms with Crippen molar-refractivity contribution in [1.82, 2.24) is 0 Å². The summed E-state index contributed by atoms with van der Waals surface area (Å²) in [6.07, 6.45) is 2.80. The maximum Gasteiger partial charge on any atom is 0.336 e.